The maximum atomic E-state index is 13.4. The first-order valence-corrected chi connectivity index (χ1v) is 4.55. The van der Waals surface area contributed by atoms with Crippen molar-refractivity contribution >= 4 is 21.7 Å². The third-order valence-electron chi connectivity index (χ3n) is 1.75. The van der Waals surface area contributed by atoms with Crippen molar-refractivity contribution < 1.29 is 9.18 Å². The molecule has 0 radical (unpaired) electrons. The van der Waals surface area contributed by atoms with Gasteiger partial charge in [-0.2, -0.15) is 0 Å². The van der Waals surface area contributed by atoms with Crippen LogP contribution in [0, 0.1) is 12.7 Å². The van der Waals surface area contributed by atoms with E-state index in [4.69, 9.17) is 5.73 Å². The van der Waals surface area contributed by atoms with Crippen LogP contribution in [0.5, 0.6) is 0 Å². The molecule has 70 valence electrons. The van der Waals surface area contributed by atoms with Gasteiger partial charge < -0.3 is 5.73 Å². The van der Waals surface area contributed by atoms with Gasteiger partial charge in [-0.1, -0.05) is 6.07 Å². The molecule has 2 N–H and O–H groups in total. The molecule has 2 nitrogen and oxygen atoms in total. The van der Waals surface area contributed by atoms with Crippen molar-refractivity contribution in [1.29, 1.82) is 0 Å². The van der Waals surface area contributed by atoms with E-state index in [1.165, 1.54) is 0 Å². The van der Waals surface area contributed by atoms with Gasteiger partial charge in [-0.25, -0.2) is 4.39 Å². The number of rotatable bonds is 2. The molecule has 1 aromatic rings. The molecule has 0 spiro atoms. The molecular formula is C9H9BrFNO. The van der Waals surface area contributed by atoms with E-state index in [0.717, 1.165) is 0 Å². The minimum atomic E-state index is -0.496. The largest absolute Gasteiger partial charge is 0.324 e. The molecule has 1 aromatic carbocycles. The Labute approximate surface area is 84.1 Å². The third kappa shape index (κ3) is 1.95. The average molecular weight is 246 g/mol. The lowest BCUT2D eigenvalue weighted by molar-refractivity contribution is 0.0996. The van der Waals surface area contributed by atoms with Crippen molar-refractivity contribution in [3.05, 3.63) is 33.5 Å². The van der Waals surface area contributed by atoms with Gasteiger partial charge in [-0.15, -0.1) is 0 Å². The summed E-state index contributed by atoms with van der Waals surface area (Å²) in [7, 11) is 0. The molecule has 0 fully saturated rings. The van der Waals surface area contributed by atoms with Crippen LogP contribution in [0.15, 0.2) is 16.6 Å². The van der Waals surface area contributed by atoms with Crippen molar-refractivity contribution in [2.24, 2.45) is 5.73 Å². The van der Waals surface area contributed by atoms with E-state index in [1.807, 2.05) is 0 Å². The predicted molar refractivity (Wildman–Crippen MR) is 52.2 cm³/mol. The Kier molecular flexibility index (Phi) is 3.17. The van der Waals surface area contributed by atoms with Crippen LogP contribution in [0.4, 0.5) is 4.39 Å². The number of halogens is 2. The Morgan fingerprint density at radius 2 is 2.23 bits per heavy atom. The maximum absolute atomic E-state index is 13.4. The van der Waals surface area contributed by atoms with Crippen LogP contribution in [0.2, 0.25) is 0 Å². The fourth-order valence-electron chi connectivity index (χ4n) is 1.01. The normalized spacial score (nSPS) is 10.2. The lowest BCUT2D eigenvalue weighted by atomic mass is 10.1. The number of hydrogen-bond donors (Lipinski definition) is 1. The van der Waals surface area contributed by atoms with Crippen molar-refractivity contribution in [2.75, 3.05) is 6.54 Å². The highest BCUT2D eigenvalue weighted by Crippen LogP contribution is 2.22. The average Bonchev–Trinajstić information content (AvgIpc) is 2.12. The van der Waals surface area contributed by atoms with Gasteiger partial charge in [0.25, 0.3) is 0 Å². The second-order valence-corrected chi connectivity index (χ2v) is 3.53. The van der Waals surface area contributed by atoms with Crippen LogP contribution in [0.3, 0.4) is 0 Å². The lowest BCUT2D eigenvalue weighted by Gasteiger charge is -2.05. The Bertz CT molecular complexity index is 352. The van der Waals surface area contributed by atoms with Crippen molar-refractivity contribution in [1.82, 2.24) is 0 Å². The summed E-state index contributed by atoms with van der Waals surface area (Å²) in [6, 6.07) is 3.24. The standard InChI is InChI=1S/C9H9BrFNO/c1-5-2-3-6(10)8(9(5)11)7(13)4-12/h2-3H,4,12H2,1H3. The number of carbonyl (C=O) groups is 1. The van der Waals surface area contributed by atoms with Crippen molar-refractivity contribution in [2.45, 2.75) is 6.92 Å². The van der Waals surface area contributed by atoms with Crippen LogP contribution >= 0.6 is 15.9 Å². The second kappa shape index (κ2) is 3.98. The zero-order chi connectivity index (χ0) is 10.0. The quantitative estimate of drug-likeness (QED) is 0.811. The number of benzene rings is 1. The lowest BCUT2D eigenvalue weighted by Crippen LogP contribution is -2.16. The first kappa shape index (κ1) is 10.3. The summed E-state index contributed by atoms with van der Waals surface area (Å²) in [5, 5.41) is 0. The van der Waals surface area contributed by atoms with Gasteiger partial charge in [-0.3, -0.25) is 4.79 Å². The molecule has 4 heteroatoms. The number of hydrogen-bond acceptors (Lipinski definition) is 2. The molecule has 0 bridgehead atoms. The minimum absolute atomic E-state index is 0.0440. The summed E-state index contributed by atoms with van der Waals surface area (Å²) in [6.45, 7) is 1.42. The Morgan fingerprint density at radius 1 is 1.62 bits per heavy atom. The number of aryl methyl sites for hydroxylation is 1. The zero-order valence-corrected chi connectivity index (χ0v) is 8.69. The molecule has 13 heavy (non-hydrogen) atoms. The fourth-order valence-corrected chi connectivity index (χ4v) is 1.54. The highest BCUT2D eigenvalue weighted by Gasteiger charge is 2.15. The second-order valence-electron chi connectivity index (χ2n) is 2.68. The molecule has 0 aromatic heterocycles. The summed E-state index contributed by atoms with van der Waals surface area (Å²) >= 11 is 3.11. The molecule has 1 rings (SSSR count). The van der Waals surface area contributed by atoms with E-state index in [2.05, 4.69) is 15.9 Å². The molecular weight excluding hydrogens is 237 g/mol. The van der Waals surface area contributed by atoms with E-state index in [-0.39, 0.29) is 12.1 Å². The van der Waals surface area contributed by atoms with Gasteiger partial charge in [0.15, 0.2) is 5.78 Å². The molecule has 0 atom stereocenters. The molecule has 0 aliphatic carbocycles. The molecule has 0 unspecified atom stereocenters. The van der Waals surface area contributed by atoms with E-state index in [1.54, 1.807) is 19.1 Å². The van der Waals surface area contributed by atoms with Crippen LogP contribution in [-0.4, -0.2) is 12.3 Å². The molecule has 0 amide bonds. The summed E-state index contributed by atoms with van der Waals surface area (Å²) in [5.74, 6) is -0.891. The minimum Gasteiger partial charge on any atom is -0.324 e. The van der Waals surface area contributed by atoms with Crippen LogP contribution < -0.4 is 5.73 Å². The van der Waals surface area contributed by atoms with E-state index < -0.39 is 11.6 Å². The molecule has 0 aliphatic heterocycles. The molecule has 0 heterocycles. The van der Waals surface area contributed by atoms with Gasteiger partial charge >= 0.3 is 0 Å². The summed E-state index contributed by atoms with van der Waals surface area (Å²) in [4.78, 5) is 11.2. The zero-order valence-electron chi connectivity index (χ0n) is 7.10. The summed E-state index contributed by atoms with van der Waals surface area (Å²) in [5.41, 5.74) is 5.64. The summed E-state index contributed by atoms with van der Waals surface area (Å²) in [6.07, 6.45) is 0. The highest BCUT2D eigenvalue weighted by molar-refractivity contribution is 9.10. The van der Waals surface area contributed by atoms with E-state index >= 15 is 0 Å². The van der Waals surface area contributed by atoms with Crippen molar-refractivity contribution in [3.8, 4) is 0 Å². The Morgan fingerprint density at radius 3 is 2.77 bits per heavy atom. The van der Waals surface area contributed by atoms with Gasteiger partial charge in [-0.05, 0) is 34.5 Å². The smallest absolute Gasteiger partial charge is 0.180 e. The number of ketones is 1. The topological polar surface area (TPSA) is 43.1 Å². The van der Waals surface area contributed by atoms with Crippen LogP contribution in [-0.2, 0) is 0 Å². The fraction of sp³-hybridized carbons (Fsp3) is 0.222. The predicted octanol–water partition coefficient (Wildman–Crippen LogP) is 2.04. The number of Topliss-reactive ketones (excluding diaryl/α,β-unsaturated/α-hetero) is 1. The Hall–Kier alpha value is -0.740. The van der Waals surface area contributed by atoms with Gasteiger partial charge in [0, 0.05) is 4.47 Å². The van der Waals surface area contributed by atoms with Gasteiger partial charge in [0.1, 0.15) is 5.82 Å². The maximum Gasteiger partial charge on any atom is 0.180 e. The first-order chi connectivity index (χ1) is 6.07. The Balaban J connectivity index is 3.33. The van der Waals surface area contributed by atoms with Crippen LogP contribution in [0.25, 0.3) is 0 Å². The third-order valence-corrected chi connectivity index (χ3v) is 2.41. The van der Waals surface area contributed by atoms with Gasteiger partial charge in [0.2, 0.25) is 0 Å². The monoisotopic (exact) mass is 245 g/mol. The number of carbonyl (C=O) groups excluding carboxylic acids is 1. The SMILES string of the molecule is Cc1ccc(Br)c(C(=O)CN)c1F. The van der Waals surface area contributed by atoms with Crippen LogP contribution in [0.1, 0.15) is 15.9 Å². The highest BCUT2D eigenvalue weighted by atomic mass is 79.9. The molecule has 0 saturated carbocycles. The summed E-state index contributed by atoms with van der Waals surface area (Å²) < 4.78 is 13.8. The first-order valence-electron chi connectivity index (χ1n) is 3.75. The van der Waals surface area contributed by atoms with E-state index in [9.17, 15) is 9.18 Å². The molecule has 0 aliphatic rings. The number of nitrogens with two attached hydrogens (primary N) is 1. The van der Waals surface area contributed by atoms with E-state index in [0.29, 0.717) is 10.0 Å². The molecule has 0 saturated heterocycles. The van der Waals surface area contributed by atoms with Crippen molar-refractivity contribution in [3.63, 3.8) is 0 Å². The van der Waals surface area contributed by atoms with Gasteiger partial charge in [0.05, 0.1) is 12.1 Å².